The summed E-state index contributed by atoms with van der Waals surface area (Å²) in [6.07, 6.45) is 4.06. The van der Waals surface area contributed by atoms with Gasteiger partial charge in [-0.2, -0.15) is 13.2 Å². The standard InChI is InChI=1S/C22H24F3N7O/c23-22(24,25)18-14-19(30-20(29-18)17-4-1-2-7-27-17)32-11-5-16(6-12-32)21(33)28-8-3-10-31-13-9-26-15-31/h1-2,4,7,9,13-16H,3,5-6,8,10-12H2,(H,28,33). The van der Waals surface area contributed by atoms with Crippen molar-refractivity contribution in [2.45, 2.75) is 32.0 Å². The molecule has 33 heavy (non-hydrogen) atoms. The number of halogens is 3. The molecule has 4 rings (SSSR count). The summed E-state index contributed by atoms with van der Waals surface area (Å²) in [4.78, 5) is 30.3. The molecule has 8 nitrogen and oxygen atoms in total. The second kappa shape index (κ2) is 9.97. The minimum absolute atomic E-state index is 0.0203. The Labute approximate surface area is 188 Å². The Morgan fingerprint density at radius 3 is 2.64 bits per heavy atom. The van der Waals surface area contributed by atoms with Crippen molar-refractivity contribution in [3.05, 3.63) is 54.9 Å². The fourth-order valence-corrected chi connectivity index (χ4v) is 3.76. The number of aryl methyl sites for hydroxylation is 1. The van der Waals surface area contributed by atoms with Crippen LogP contribution in [-0.4, -0.2) is 50.0 Å². The molecule has 1 aliphatic heterocycles. The third kappa shape index (κ3) is 5.85. The minimum Gasteiger partial charge on any atom is -0.356 e. The van der Waals surface area contributed by atoms with Crippen LogP contribution in [0.2, 0.25) is 0 Å². The van der Waals surface area contributed by atoms with Gasteiger partial charge in [-0.25, -0.2) is 15.0 Å². The molecule has 1 saturated heterocycles. The fourth-order valence-electron chi connectivity index (χ4n) is 3.76. The molecule has 0 atom stereocenters. The summed E-state index contributed by atoms with van der Waals surface area (Å²) in [7, 11) is 0. The number of aromatic nitrogens is 5. The molecule has 0 spiro atoms. The number of hydrogen-bond donors (Lipinski definition) is 1. The number of hydrogen-bond acceptors (Lipinski definition) is 6. The SMILES string of the molecule is O=C(NCCCn1ccnc1)C1CCN(c2cc(C(F)(F)F)nc(-c3ccccn3)n2)CC1. The average Bonchev–Trinajstić information content (AvgIpc) is 3.35. The number of rotatable bonds is 7. The highest BCUT2D eigenvalue weighted by atomic mass is 19.4. The zero-order valence-electron chi connectivity index (χ0n) is 17.9. The van der Waals surface area contributed by atoms with Crippen molar-refractivity contribution in [2.24, 2.45) is 5.92 Å². The van der Waals surface area contributed by atoms with Gasteiger partial charge in [0.05, 0.1) is 6.33 Å². The smallest absolute Gasteiger partial charge is 0.356 e. The summed E-state index contributed by atoms with van der Waals surface area (Å²) in [5.74, 6) is -0.0721. The number of nitrogens with one attached hydrogen (secondary N) is 1. The molecule has 0 aromatic carbocycles. The summed E-state index contributed by atoms with van der Waals surface area (Å²) >= 11 is 0. The predicted octanol–water partition coefficient (Wildman–Crippen LogP) is 3.18. The van der Waals surface area contributed by atoms with Gasteiger partial charge in [0.15, 0.2) is 11.5 Å². The molecule has 0 aliphatic carbocycles. The van der Waals surface area contributed by atoms with Gasteiger partial charge in [-0.05, 0) is 31.4 Å². The van der Waals surface area contributed by atoms with Crippen molar-refractivity contribution in [2.75, 3.05) is 24.5 Å². The number of piperidine rings is 1. The number of nitrogens with zero attached hydrogens (tertiary/aromatic N) is 6. The van der Waals surface area contributed by atoms with Crippen LogP contribution in [0.1, 0.15) is 25.0 Å². The van der Waals surface area contributed by atoms with E-state index in [1.54, 1.807) is 35.6 Å². The van der Waals surface area contributed by atoms with Gasteiger partial charge < -0.3 is 14.8 Å². The van der Waals surface area contributed by atoms with Gasteiger partial charge in [-0.3, -0.25) is 9.78 Å². The lowest BCUT2D eigenvalue weighted by atomic mass is 9.96. The third-order valence-corrected chi connectivity index (χ3v) is 5.54. The van der Waals surface area contributed by atoms with Crippen molar-refractivity contribution in [3.63, 3.8) is 0 Å². The zero-order chi connectivity index (χ0) is 23.3. The lowest BCUT2D eigenvalue weighted by Crippen LogP contribution is -2.41. The summed E-state index contributed by atoms with van der Waals surface area (Å²) < 4.78 is 42.3. The Bertz CT molecular complexity index is 1050. The topological polar surface area (TPSA) is 88.8 Å². The largest absolute Gasteiger partial charge is 0.433 e. The van der Waals surface area contributed by atoms with E-state index in [-0.39, 0.29) is 29.2 Å². The maximum Gasteiger partial charge on any atom is 0.433 e. The average molecular weight is 459 g/mol. The third-order valence-electron chi connectivity index (χ3n) is 5.54. The summed E-state index contributed by atoms with van der Waals surface area (Å²) in [6.45, 7) is 2.20. The number of carbonyl (C=O) groups is 1. The number of pyridine rings is 1. The molecule has 1 N–H and O–H groups in total. The van der Waals surface area contributed by atoms with E-state index >= 15 is 0 Å². The van der Waals surface area contributed by atoms with Crippen LogP contribution in [0.25, 0.3) is 11.5 Å². The van der Waals surface area contributed by atoms with Gasteiger partial charge in [0, 0.05) is 56.8 Å². The maximum atomic E-state index is 13.4. The first-order chi connectivity index (χ1) is 15.9. The molecule has 3 aromatic heterocycles. The first-order valence-electron chi connectivity index (χ1n) is 10.8. The van der Waals surface area contributed by atoms with Crippen LogP contribution in [0.4, 0.5) is 19.0 Å². The predicted molar refractivity (Wildman–Crippen MR) is 115 cm³/mol. The second-order valence-corrected chi connectivity index (χ2v) is 7.85. The quantitative estimate of drug-likeness (QED) is 0.546. The van der Waals surface area contributed by atoms with Crippen molar-refractivity contribution in [1.82, 2.24) is 29.8 Å². The molecule has 0 saturated carbocycles. The van der Waals surface area contributed by atoms with E-state index in [0.717, 1.165) is 19.0 Å². The summed E-state index contributed by atoms with van der Waals surface area (Å²) in [5.41, 5.74) is -0.735. The van der Waals surface area contributed by atoms with Crippen molar-refractivity contribution >= 4 is 11.7 Å². The first kappa shape index (κ1) is 22.7. The highest BCUT2D eigenvalue weighted by Crippen LogP contribution is 2.32. The molecule has 11 heteroatoms. The fraction of sp³-hybridized carbons (Fsp3) is 0.409. The van der Waals surface area contributed by atoms with Crippen LogP contribution in [0.15, 0.2) is 49.2 Å². The molecule has 174 valence electrons. The number of imidazole rings is 1. The van der Waals surface area contributed by atoms with E-state index in [2.05, 4.69) is 25.3 Å². The molecule has 0 bridgehead atoms. The maximum absolute atomic E-state index is 13.4. The highest BCUT2D eigenvalue weighted by molar-refractivity contribution is 5.79. The Hall–Kier alpha value is -3.50. The van der Waals surface area contributed by atoms with Crippen LogP contribution >= 0.6 is 0 Å². The van der Waals surface area contributed by atoms with Crippen molar-refractivity contribution < 1.29 is 18.0 Å². The molecular formula is C22H24F3N7O. The second-order valence-electron chi connectivity index (χ2n) is 7.85. The van der Waals surface area contributed by atoms with Crippen molar-refractivity contribution in [3.8, 4) is 11.5 Å². The first-order valence-corrected chi connectivity index (χ1v) is 10.8. The van der Waals surface area contributed by atoms with E-state index < -0.39 is 11.9 Å². The van der Waals surface area contributed by atoms with E-state index in [4.69, 9.17) is 0 Å². The van der Waals surface area contributed by atoms with Gasteiger partial charge >= 0.3 is 6.18 Å². The van der Waals surface area contributed by atoms with E-state index in [1.807, 2.05) is 10.8 Å². The van der Waals surface area contributed by atoms with E-state index in [1.165, 1.54) is 6.20 Å². The number of carbonyl (C=O) groups excluding carboxylic acids is 1. The number of amides is 1. The molecule has 3 aromatic rings. The Balaban J connectivity index is 1.37. The lowest BCUT2D eigenvalue weighted by Gasteiger charge is -2.32. The number of alkyl halides is 3. The molecule has 4 heterocycles. The zero-order valence-corrected chi connectivity index (χ0v) is 17.9. The molecule has 1 fully saturated rings. The molecule has 0 unspecified atom stereocenters. The van der Waals surface area contributed by atoms with Gasteiger partial charge in [0.1, 0.15) is 11.5 Å². The normalized spacial score (nSPS) is 14.9. The molecule has 1 aliphatic rings. The monoisotopic (exact) mass is 459 g/mol. The number of anilines is 1. The van der Waals surface area contributed by atoms with Gasteiger partial charge in [0.25, 0.3) is 0 Å². The van der Waals surface area contributed by atoms with Crippen LogP contribution < -0.4 is 10.2 Å². The van der Waals surface area contributed by atoms with Crippen LogP contribution in [0, 0.1) is 5.92 Å². The Morgan fingerprint density at radius 1 is 1.15 bits per heavy atom. The molecular weight excluding hydrogens is 435 g/mol. The van der Waals surface area contributed by atoms with Gasteiger partial charge in [-0.1, -0.05) is 6.07 Å². The summed E-state index contributed by atoms with van der Waals surface area (Å²) in [6, 6.07) is 5.88. The Morgan fingerprint density at radius 2 is 1.97 bits per heavy atom. The summed E-state index contributed by atoms with van der Waals surface area (Å²) in [5, 5.41) is 2.96. The Kier molecular flexibility index (Phi) is 6.85. The molecule has 0 radical (unpaired) electrons. The van der Waals surface area contributed by atoms with E-state index in [0.29, 0.717) is 32.5 Å². The van der Waals surface area contributed by atoms with Gasteiger partial charge in [0.2, 0.25) is 5.91 Å². The van der Waals surface area contributed by atoms with Crippen LogP contribution in [0.3, 0.4) is 0 Å². The minimum atomic E-state index is -4.60. The van der Waals surface area contributed by atoms with Crippen LogP contribution in [0.5, 0.6) is 0 Å². The lowest BCUT2D eigenvalue weighted by molar-refractivity contribution is -0.141. The van der Waals surface area contributed by atoms with Gasteiger partial charge in [-0.15, -0.1) is 0 Å². The van der Waals surface area contributed by atoms with Crippen LogP contribution in [-0.2, 0) is 17.5 Å². The van der Waals surface area contributed by atoms with E-state index in [9.17, 15) is 18.0 Å². The van der Waals surface area contributed by atoms with Crippen molar-refractivity contribution in [1.29, 1.82) is 0 Å². The highest BCUT2D eigenvalue weighted by Gasteiger charge is 2.35. The molecule has 1 amide bonds.